The first-order valence-corrected chi connectivity index (χ1v) is 5.38. The summed E-state index contributed by atoms with van der Waals surface area (Å²) in [5, 5.41) is 0. The molecule has 2 nitrogen and oxygen atoms in total. The van der Waals surface area contributed by atoms with Crippen LogP contribution in [-0.4, -0.2) is 12.1 Å². The Balaban J connectivity index is 2.18. The normalized spacial score (nSPS) is 19.0. The van der Waals surface area contributed by atoms with Crippen LogP contribution in [0.2, 0.25) is 0 Å². The van der Waals surface area contributed by atoms with Gasteiger partial charge in [0.15, 0.2) is 0 Å². The molecule has 0 spiro atoms. The molecular weight excluding hydrogens is 164 g/mol. The van der Waals surface area contributed by atoms with Gasteiger partial charge < -0.3 is 4.74 Å². The number of ether oxygens (including phenoxy) is 1. The number of carbonyl (C=O) groups is 1. The van der Waals surface area contributed by atoms with Crippen LogP contribution in [0.4, 0.5) is 0 Å². The van der Waals surface area contributed by atoms with Gasteiger partial charge in [0.1, 0.15) is 0 Å². The first kappa shape index (κ1) is 10.6. The van der Waals surface area contributed by atoms with E-state index < -0.39 is 0 Å². The topological polar surface area (TPSA) is 26.3 Å². The van der Waals surface area contributed by atoms with Crippen LogP contribution in [0.1, 0.15) is 52.4 Å². The minimum Gasteiger partial charge on any atom is -0.463 e. The van der Waals surface area contributed by atoms with Gasteiger partial charge in [-0.05, 0) is 32.6 Å². The van der Waals surface area contributed by atoms with E-state index in [1.165, 1.54) is 32.1 Å². The molecule has 0 atom stereocenters. The molecule has 1 aliphatic rings. The molecule has 13 heavy (non-hydrogen) atoms. The van der Waals surface area contributed by atoms with Crippen molar-refractivity contribution in [1.82, 2.24) is 0 Å². The molecule has 0 unspecified atom stereocenters. The Bertz CT molecular complexity index is 157. The number of rotatable bonds is 3. The van der Waals surface area contributed by atoms with Crippen LogP contribution in [0.25, 0.3) is 0 Å². The van der Waals surface area contributed by atoms with Crippen LogP contribution >= 0.6 is 0 Å². The van der Waals surface area contributed by atoms with Crippen LogP contribution in [0.15, 0.2) is 0 Å². The van der Waals surface area contributed by atoms with Crippen LogP contribution in [0, 0.1) is 5.92 Å². The number of hydrogen-bond acceptors (Lipinski definition) is 2. The smallest absolute Gasteiger partial charge is 0.306 e. The Hall–Kier alpha value is -0.530. The highest BCUT2D eigenvalue weighted by Crippen LogP contribution is 2.26. The summed E-state index contributed by atoms with van der Waals surface area (Å²) in [5.41, 5.74) is 0. The van der Waals surface area contributed by atoms with Crippen molar-refractivity contribution < 1.29 is 9.53 Å². The van der Waals surface area contributed by atoms with Gasteiger partial charge in [0.05, 0.1) is 6.10 Å². The Morgan fingerprint density at radius 1 is 1.31 bits per heavy atom. The van der Waals surface area contributed by atoms with E-state index in [0.29, 0.717) is 12.3 Å². The van der Waals surface area contributed by atoms with Gasteiger partial charge in [0, 0.05) is 6.42 Å². The minimum absolute atomic E-state index is 0.0121. The molecule has 0 aromatic rings. The molecule has 1 fully saturated rings. The molecule has 0 aromatic carbocycles. The van der Waals surface area contributed by atoms with Crippen molar-refractivity contribution in [2.75, 3.05) is 0 Å². The molecule has 2 heteroatoms. The van der Waals surface area contributed by atoms with Crippen LogP contribution in [0.3, 0.4) is 0 Å². The molecule has 0 N–H and O–H groups in total. The Morgan fingerprint density at radius 3 is 2.46 bits per heavy atom. The maximum absolute atomic E-state index is 11.3. The maximum Gasteiger partial charge on any atom is 0.306 e. The summed E-state index contributed by atoms with van der Waals surface area (Å²) in [6, 6.07) is 0. The molecule has 0 radical (unpaired) electrons. The molecule has 0 heterocycles. The zero-order valence-electron chi connectivity index (χ0n) is 8.71. The largest absolute Gasteiger partial charge is 0.463 e. The third-order valence-electron chi connectivity index (χ3n) is 2.55. The van der Waals surface area contributed by atoms with Gasteiger partial charge in [-0.1, -0.05) is 19.3 Å². The molecule has 0 aliphatic heterocycles. The zero-order valence-corrected chi connectivity index (χ0v) is 8.71. The standard InChI is InChI=1S/C11H20O2/c1-9(2)13-11(12)8-10-6-4-3-5-7-10/h9-10H,3-8H2,1-2H3. The fourth-order valence-corrected chi connectivity index (χ4v) is 1.94. The fraction of sp³-hybridized carbons (Fsp3) is 0.909. The molecule has 1 rings (SSSR count). The van der Waals surface area contributed by atoms with Crippen molar-refractivity contribution in [2.24, 2.45) is 5.92 Å². The Morgan fingerprint density at radius 2 is 1.92 bits per heavy atom. The molecule has 1 aliphatic carbocycles. The third kappa shape index (κ3) is 4.30. The average Bonchev–Trinajstić information content (AvgIpc) is 2.04. The first-order chi connectivity index (χ1) is 6.18. The summed E-state index contributed by atoms with van der Waals surface area (Å²) >= 11 is 0. The Labute approximate surface area is 80.7 Å². The summed E-state index contributed by atoms with van der Waals surface area (Å²) in [6.45, 7) is 3.80. The summed E-state index contributed by atoms with van der Waals surface area (Å²) in [5.74, 6) is 0.585. The third-order valence-corrected chi connectivity index (χ3v) is 2.55. The van der Waals surface area contributed by atoms with E-state index in [9.17, 15) is 4.79 Å². The highest BCUT2D eigenvalue weighted by atomic mass is 16.5. The lowest BCUT2D eigenvalue weighted by Gasteiger charge is -2.20. The zero-order chi connectivity index (χ0) is 9.68. The van der Waals surface area contributed by atoms with E-state index in [2.05, 4.69) is 0 Å². The second-order valence-electron chi connectivity index (χ2n) is 4.25. The number of esters is 1. The van der Waals surface area contributed by atoms with E-state index in [1.54, 1.807) is 0 Å². The van der Waals surface area contributed by atoms with Gasteiger partial charge in [0.2, 0.25) is 0 Å². The Kier molecular flexibility index (Phi) is 4.26. The van der Waals surface area contributed by atoms with E-state index in [1.807, 2.05) is 13.8 Å². The summed E-state index contributed by atoms with van der Waals surface area (Å²) in [7, 11) is 0. The lowest BCUT2D eigenvalue weighted by molar-refractivity contribution is -0.148. The lowest BCUT2D eigenvalue weighted by Crippen LogP contribution is -2.17. The summed E-state index contributed by atoms with van der Waals surface area (Å²) < 4.78 is 5.11. The quantitative estimate of drug-likeness (QED) is 0.630. The number of hydrogen-bond donors (Lipinski definition) is 0. The minimum atomic E-state index is -0.0121. The molecule has 0 aromatic heterocycles. The predicted octanol–water partition coefficient (Wildman–Crippen LogP) is 2.91. The van der Waals surface area contributed by atoms with E-state index in [-0.39, 0.29) is 12.1 Å². The van der Waals surface area contributed by atoms with E-state index >= 15 is 0 Å². The van der Waals surface area contributed by atoms with Crippen molar-refractivity contribution in [3.05, 3.63) is 0 Å². The van der Waals surface area contributed by atoms with Crippen molar-refractivity contribution in [2.45, 2.75) is 58.5 Å². The monoisotopic (exact) mass is 184 g/mol. The van der Waals surface area contributed by atoms with Crippen molar-refractivity contribution >= 4 is 5.97 Å². The molecular formula is C11H20O2. The average molecular weight is 184 g/mol. The molecule has 0 saturated heterocycles. The molecule has 1 saturated carbocycles. The van der Waals surface area contributed by atoms with Gasteiger partial charge in [-0.25, -0.2) is 0 Å². The fourth-order valence-electron chi connectivity index (χ4n) is 1.94. The van der Waals surface area contributed by atoms with Crippen molar-refractivity contribution in [3.63, 3.8) is 0 Å². The second kappa shape index (κ2) is 5.25. The maximum atomic E-state index is 11.3. The molecule has 76 valence electrons. The van der Waals surface area contributed by atoms with Crippen LogP contribution in [-0.2, 0) is 9.53 Å². The highest BCUT2D eigenvalue weighted by Gasteiger charge is 2.18. The van der Waals surface area contributed by atoms with Gasteiger partial charge in [-0.3, -0.25) is 4.79 Å². The van der Waals surface area contributed by atoms with Gasteiger partial charge >= 0.3 is 5.97 Å². The van der Waals surface area contributed by atoms with Crippen LogP contribution in [0.5, 0.6) is 0 Å². The number of carbonyl (C=O) groups excluding carboxylic acids is 1. The summed E-state index contributed by atoms with van der Waals surface area (Å²) in [4.78, 5) is 11.3. The predicted molar refractivity (Wildman–Crippen MR) is 52.4 cm³/mol. The van der Waals surface area contributed by atoms with Crippen molar-refractivity contribution in [3.8, 4) is 0 Å². The SMILES string of the molecule is CC(C)OC(=O)CC1CCCCC1. The highest BCUT2D eigenvalue weighted by molar-refractivity contribution is 5.69. The molecule has 0 bridgehead atoms. The van der Waals surface area contributed by atoms with E-state index in [0.717, 1.165) is 0 Å². The summed E-state index contributed by atoms with van der Waals surface area (Å²) in [6.07, 6.45) is 7.03. The lowest BCUT2D eigenvalue weighted by atomic mass is 9.87. The van der Waals surface area contributed by atoms with E-state index in [4.69, 9.17) is 4.74 Å². The second-order valence-corrected chi connectivity index (χ2v) is 4.25. The van der Waals surface area contributed by atoms with Gasteiger partial charge in [-0.15, -0.1) is 0 Å². The van der Waals surface area contributed by atoms with Gasteiger partial charge in [0.25, 0.3) is 0 Å². The molecule has 0 amide bonds. The van der Waals surface area contributed by atoms with Crippen LogP contribution < -0.4 is 0 Å². The van der Waals surface area contributed by atoms with Crippen molar-refractivity contribution in [1.29, 1.82) is 0 Å². The first-order valence-electron chi connectivity index (χ1n) is 5.38. The van der Waals surface area contributed by atoms with Gasteiger partial charge in [-0.2, -0.15) is 0 Å².